The van der Waals surface area contributed by atoms with Gasteiger partial charge in [-0.1, -0.05) is 0 Å². The third-order valence-corrected chi connectivity index (χ3v) is 7.60. The van der Waals surface area contributed by atoms with Gasteiger partial charge >= 0.3 is 0 Å². The Balaban J connectivity index is 1.49. The molecule has 0 N–H and O–H groups in total. The number of carbonyl (C=O) groups is 2. The molecule has 0 bridgehead atoms. The number of piperidine rings is 1. The molecule has 2 atom stereocenters. The molecular weight excluding hydrogens is 386 g/mol. The van der Waals surface area contributed by atoms with Crippen molar-refractivity contribution in [3.63, 3.8) is 0 Å². The molecule has 2 aliphatic heterocycles. The molecule has 5 rings (SSSR count). The molecule has 1 saturated carbocycles. The summed E-state index contributed by atoms with van der Waals surface area (Å²) in [6.07, 6.45) is 6.06. The van der Waals surface area contributed by atoms with Crippen molar-refractivity contribution in [3.8, 4) is 0 Å². The van der Waals surface area contributed by atoms with Crippen molar-refractivity contribution in [1.82, 2.24) is 24.6 Å². The third kappa shape index (κ3) is 3.17. The van der Waals surface area contributed by atoms with E-state index in [-0.39, 0.29) is 17.7 Å². The van der Waals surface area contributed by atoms with Gasteiger partial charge in [-0.05, 0) is 44.6 Å². The summed E-state index contributed by atoms with van der Waals surface area (Å²) in [5.74, 6) is 0.798. The van der Waals surface area contributed by atoms with Gasteiger partial charge in [0.25, 0.3) is 5.91 Å². The van der Waals surface area contributed by atoms with Crippen LogP contribution in [0.5, 0.6) is 0 Å². The Bertz CT molecular complexity index is 949. The maximum Gasteiger partial charge on any atom is 0.273 e. The summed E-state index contributed by atoms with van der Waals surface area (Å²) in [7, 11) is 1.92. The fraction of sp³-hybridized carbons (Fsp3) is 0.619. The maximum absolute atomic E-state index is 13.8. The molecule has 1 spiro atoms. The number of amides is 2. The van der Waals surface area contributed by atoms with Gasteiger partial charge in [-0.2, -0.15) is 5.10 Å². The summed E-state index contributed by atoms with van der Waals surface area (Å²) in [6.45, 7) is 4.63. The van der Waals surface area contributed by atoms with Crippen LogP contribution >= 0.6 is 11.3 Å². The first-order chi connectivity index (χ1) is 14.0. The van der Waals surface area contributed by atoms with E-state index in [4.69, 9.17) is 0 Å². The van der Waals surface area contributed by atoms with Gasteiger partial charge in [-0.25, -0.2) is 4.98 Å². The minimum Gasteiger partial charge on any atom is -0.342 e. The summed E-state index contributed by atoms with van der Waals surface area (Å²) in [6, 6.07) is 2.00. The fourth-order valence-electron chi connectivity index (χ4n) is 5.16. The molecule has 0 unspecified atom stereocenters. The van der Waals surface area contributed by atoms with E-state index in [1.807, 2.05) is 35.0 Å². The van der Waals surface area contributed by atoms with Crippen LogP contribution in [0.2, 0.25) is 0 Å². The number of thiazole rings is 1. The molecule has 0 radical (unpaired) electrons. The SMILES string of the molecule is Cc1nc(C(=O)N2C[C@@H](c3ccnn3C)[C@@]3(CCCN(CC4CC4)C3=O)C2)cs1. The van der Waals surface area contributed by atoms with Crippen LogP contribution in [-0.2, 0) is 11.8 Å². The zero-order valence-corrected chi connectivity index (χ0v) is 17.8. The molecular formula is C21H27N5O2S. The Morgan fingerprint density at radius 3 is 2.86 bits per heavy atom. The standard InChI is InChI=1S/C21H27N5O2S/c1-14-23-17(12-29-14)19(27)26-11-16(18-6-8-22-24(18)2)21(13-26)7-3-9-25(20(21)28)10-15-4-5-15/h6,8,12,15-16H,3-5,7,9-11,13H2,1-2H3/t16-,21+/m0/s1. The van der Waals surface area contributed by atoms with Crippen molar-refractivity contribution >= 4 is 23.2 Å². The average molecular weight is 414 g/mol. The lowest BCUT2D eigenvalue weighted by Crippen LogP contribution is -2.53. The number of likely N-dealkylation sites (tertiary alicyclic amines) is 2. The predicted molar refractivity (Wildman–Crippen MR) is 110 cm³/mol. The summed E-state index contributed by atoms with van der Waals surface area (Å²) in [5, 5.41) is 7.06. The van der Waals surface area contributed by atoms with Crippen molar-refractivity contribution in [2.45, 2.75) is 38.5 Å². The maximum atomic E-state index is 13.8. The van der Waals surface area contributed by atoms with Crippen molar-refractivity contribution in [3.05, 3.63) is 34.0 Å². The van der Waals surface area contributed by atoms with Crippen molar-refractivity contribution in [2.75, 3.05) is 26.2 Å². The molecule has 154 valence electrons. The highest BCUT2D eigenvalue weighted by molar-refractivity contribution is 7.09. The second-order valence-electron chi connectivity index (χ2n) is 8.82. The summed E-state index contributed by atoms with van der Waals surface area (Å²) >= 11 is 1.49. The van der Waals surface area contributed by atoms with E-state index in [0.29, 0.717) is 24.7 Å². The number of rotatable bonds is 4. The van der Waals surface area contributed by atoms with E-state index < -0.39 is 5.41 Å². The lowest BCUT2D eigenvalue weighted by Gasteiger charge is -2.42. The minimum absolute atomic E-state index is 0.0341. The highest BCUT2D eigenvalue weighted by Gasteiger charge is 2.57. The number of nitrogens with zero attached hydrogens (tertiary/aromatic N) is 5. The molecule has 2 saturated heterocycles. The van der Waals surface area contributed by atoms with E-state index in [9.17, 15) is 9.59 Å². The Hall–Kier alpha value is -2.22. The summed E-state index contributed by atoms with van der Waals surface area (Å²) in [5.41, 5.74) is 0.976. The van der Waals surface area contributed by atoms with Gasteiger partial charge in [-0.3, -0.25) is 14.3 Å². The van der Waals surface area contributed by atoms with Crippen LogP contribution < -0.4 is 0 Å². The summed E-state index contributed by atoms with van der Waals surface area (Å²) in [4.78, 5) is 35.3. The molecule has 8 heteroatoms. The van der Waals surface area contributed by atoms with Crippen molar-refractivity contribution in [2.24, 2.45) is 18.4 Å². The fourth-order valence-corrected chi connectivity index (χ4v) is 5.74. The zero-order valence-electron chi connectivity index (χ0n) is 17.0. The molecule has 1 aliphatic carbocycles. The summed E-state index contributed by atoms with van der Waals surface area (Å²) < 4.78 is 1.86. The van der Waals surface area contributed by atoms with E-state index in [0.717, 1.165) is 36.6 Å². The highest BCUT2D eigenvalue weighted by atomic mass is 32.1. The van der Waals surface area contributed by atoms with Gasteiger partial charge in [0.05, 0.1) is 10.4 Å². The normalized spacial score (nSPS) is 27.2. The predicted octanol–water partition coefficient (Wildman–Crippen LogP) is 2.44. The smallest absolute Gasteiger partial charge is 0.273 e. The van der Waals surface area contributed by atoms with E-state index in [1.54, 1.807) is 6.20 Å². The molecule has 2 aromatic heterocycles. The lowest BCUT2D eigenvalue weighted by atomic mass is 9.70. The topological polar surface area (TPSA) is 71.3 Å². The Labute approximate surface area is 174 Å². The number of hydrogen-bond donors (Lipinski definition) is 0. The first kappa shape index (κ1) is 18.8. The van der Waals surface area contributed by atoms with Crippen LogP contribution in [0.25, 0.3) is 0 Å². The van der Waals surface area contributed by atoms with Gasteiger partial charge < -0.3 is 9.80 Å². The quantitative estimate of drug-likeness (QED) is 0.772. The Morgan fingerprint density at radius 1 is 1.38 bits per heavy atom. The highest BCUT2D eigenvalue weighted by Crippen LogP contribution is 2.50. The monoisotopic (exact) mass is 413 g/mol. The van der Waals surface area contributed by atoms with Gasteiger partial charge in [0.2, 0.25) is 5.91 Å². The molecule has 2 amide bonds. The third-order valence-electron chi connectivity index (χ3n) is 6.82. The molecule has 29 heavy (non-hydrogen) atoms. The average Bonchev–Trinajstić information content (AvgIpc) is 3.08. The first-order valence-electron chi connectivity index (χ1n) is 10.5. The largest absolute Gasteiger partial charge is 0.342 e. The molecule has 2 aromatic rings. The minimum atomic E-state index is -0.554. The zero-order chi connectivity index (χ0) is 20.2. The molecule has 3 fully saturated rings. The first-order valence-corrected chi connectivity index (χ1v) is 11.3. The number of aromatic nitrogens is 3. The Morgan fingerprint density at radius 2 is 2.21 bits per heavy atom. The number of hydrogen-bond acceptors (Lipinski definition) is 5. The van der Waals surface area contributed by atoms with Gasteiger partial charge in [0.15, 0.2) is 0 Å². The van der Waals surface area contributed by atoms with Gasteiger partial charge in [-0.15, -0.1) is 11.3 Å². The second kappa shape index (κ2) is 6.93. The van der Waals surface area contributed by atoms with Crippen molar-refractivity contribution in [1.29, 1.82) is 0 Å². The van der Waals surface area contributed by atoms with Gasteiger partial charge in [0, 0.05) is 56.4 Å². The van der Waals surface area contributed by atoms with E-state index in [2.05, 4.69) is 15.0 Å². The number of aryl methyl sites for hydroxylation is 2. The van der Waals surface area contributed by atoms with Crippen LogP contribution in [0.4, 0.5) is 0 Å². The molecule has 7 nitrogen and oxygen atoms in total. The van der Waals surface area contributed by atoms with Crippen LogP contribution in [0, 0.1) is 18.3 Å². The molecule has 3 aliphatic rings. The van der Waals surface area contributed by atoms with Crippen LogP contribution in [0.3, 0.4) is 0 Å². The van der Waals surface area contributed by atoms with Crippen LogP contribution in [0.15, 0.2) is 17.6 Å². The molecule has 4 heterocycles. The van der Waals surface area contributed by atoms with Crippen LogP contribution in [-0.4, -0.2) is 62.6 Å². The van der Waals surface area contributed by atoms with Crippen molar-refractivity contribution < 1.29 is 9.59 Å². The van der Waals surface area contributed by atoms with Crippen LogP contribution in [0.1, 0.15) is 52.8 Å². The van der Waals surface area contributed by atoms with E-state index in [1.165, 1.54) is 24.2 Å². The number of carbonyl (C=O) groups excluding carboxylic acids is 2. The Kier molecular flexibility index (Phi) is 4.49. The van der Waals surface area contributed by atoms with Gasteiger partial charge in [0.1, 0.15) is 5.69 Å². The second-order valence-corrected chi connectivity index (χ2v) is 9.89. The van der Waals surface area contributed by atoms with E-state index >= 15 is 0 Å². The molecule has 0 aromatic carbocycles. The lowest BCUT2D eigenvalue weighted by molar-refractivity contribution is -0.146.